The van der Waals surface area contributed by atoms with E-state index in [1.807, 2.05) is 42.5 Å². The molecule has 3 aromatic heterocycles. The van der Waals surface area contributed by atoms with E-state index in [9.17, 15) is 0 Å². The van der Waals surface area contributed by atoms with E-state index in [1.165, 1.54) is 38.2 Å². The summed E-state index contributed by atoms with van der Waals surface area (Å²) in [5.74, 6) is 2.28. The van der Waals surface area contributed by atoms with E-state index < -0.39 is 0 Å². The third-order valence-corrected chi connectivity index (χ3v) is 9.32. The number of hydrogen-bond donors (Lipinski definition) is 0. The lowest BCUT2D eigenvalue weighted by Crippen LogP contribution is -2.10. The number of fused-ring (bicyclic) bond motifs is 6. The van der Waals surface area contributed by atoms with E-state index in [0.717, 1.165) is 35.1 Å². The van der Waals surface area contributed by atoms with Crippen LogP contribution in [0.3, 0.4) is 0 Å². The predicted octanol–water partition coefficient (Wildman–Crippen LogP) is 10.1. The monoisotopic (exact) mass is 605 g/mol. The molecule has 0 spiro atoms. The fourth-order valence-corrected chi connectivity index (χ4v) is 7.02. The third kappa shape index (κ3) is 4.59. The zero-order valence-corrected chi connectivity index (χ0v) is 25.8. The quantitative estimate of drug-likeness (QED) is 0.190. The minimum absolute atomic E-state index is 0.393. The molecule has 0 fully saturated rings. The van der Waals surface area contributed by atoms with Crippen LogP contribution in [0.1, 0.15) is 6.42 Å². The van der Waals surface area contributed by atoms with Gasteiger partial charge in [-0.3, -0.25) is 4.57 Å². The van der Waals surface area contributed by atoms with E-state index in [4.69, 9.17) is 15.0 Å². The summed E-state index contributed by atoms with van der Waals surface area (Å²) in [5.41, 5.74) is 7.67. The summed E-state index contributed by atoms with van der Waals surface area (Å²) >= 11 is 0. The summed E-state index contributed by atoms with van der Waals surface area (Å²) in [5, 5.41) is 4.86. The van der Waals surface area contributed by atoms with Crippen molar-refractivity contribution in [2.24, 2.45) is 5.92 Å². The van der Waals surface area contributed by atoms with E-state index >= 15 is 0 Å². The van der Waals surface area contributed by atoms with Gasteiger partial charge in [-0.15, -0.1) is 0 Å². The van der Waals surface area contributed by atoms with E-state index in [-0.39, 0.29) is 0 Å². The van der Waals surface area contributed by atoms with Gasteiger partial charge in [0.25, 0.3) is 0 Å². The van der Waals surface area contributed by atoms with Crippen LogP contribution in [-0.4, -0.2) is 24.1 Å². The zero-order valence-electron chi connectivity index (χ0n) is 25.8. The van der Waals surface area contributed by atoms with Crippen molar-refractivity contribution >= 4 is 43.6 Å². The molecule has 5 heteroatoms. The Morgan fingerprint density at radius 1 is 0.617 bits per heavy atom. The average molecular weight is 606 g/mol. The van der Waals surface area contributed by atoms with Crippen molar-refractivity contribution < 1.29 is 0 Å². The molecule has 224 valence electrons. The minimum Gasteiger partial charge on any atom is -0.340 e. The van der Waals surface area contributed by atoms with Crippen molar-refractivity contribution in [2.45, 2.75) is 13.0 Å². The summed E-state index contributed by atoms with van der Waals surface area (Å²) in [6.45, 7) is 4.84. The van der Waals surface area contributed by atoms with Crippen LogP contribution in [-0.2, 0) is 6.54 Å². The Morgan fingerprint density at radius 3 is 1.85 bits per heavy atom. The van der Waals surface area contributed by atoms with Gasteiger partial charge < -0.3 is 4.57 Å². The third-order valence-electron chi connectivity index (χ3n) is 9.32. The lowest BCUT2D eigenvalue weighted by Gasteiger charge is -2.18. The molecule has 1 unspecified atom stereocenters. The molecule has 0 saturated carbocycles. The summed E-state index contributed by atoms with van der Waals surface area (Å²) in [6.07, 6.45) is 9.73. The normalized spacial score (nSPS) is 14.7. The molecule has 47 heavy (non-hydrogen) atoms. The molecule has 0 bridgehead atoms. The second-order valence-corrected chi connectivity index (χ2v) is 12.1. The maximum atomic E-state index is 5.14. The lowest BCUT2D eigenvalue weighted by molar-refractivity contribution is 0.553. The van der Waals surface area contributed by atoms with E-state index in [1.54, 1.807) is 0 Å². The molecule has 8 aromatic rings. The molecule has 1 atom stereocenters. The molecule has 5 aromatic carbocycles. The Hall–Kier alpha value is -6.07. The van der Waals surface area contributed by atoms with E-state index in [0.29, 0.717) is 23.5 Å². The maximum Gasteiger partial charge on any atom is 0.238 e. The van der Waals surface area contributed by atoms with Crippen molar-refractivity contribution in [3.05, 3.63) is 158 Å². The van der Waals surface area contributed by atoms with Crippen molar-refractivity contribution in [1.82, 2.24) is 24.1 Å². The number of rotatable bonds is 6. The van der Waals surface area contributed by atoms with Gasteiger partial charge in [-0.2, -0.15) is 9.97 Å². The van der Waals surface area contributed by atoms with Gasteiger partial charge in [0.2, 0.25) is 5.95 Å². The van der Waals surface area contributed by atoms with E-state index in [2.05, 4.69) is 119 Å². The number of nitrogens with zero attached hydrogens (tertiary/aromatic N) is 5. The van der Waals surface area contributed by atoms with Crippen molar-refractivity contribution in [3.63, 3.8) is 0 Å². The van der Waals surface area contributed by atoms with Gasteiger partial charge >= 0.3 is 0 Å². The molecule has 0 amide bonds. The molecule has 0 aliphatic heterocycles. The molecule has 1 aliphatic rings. The molecular formula is C42H31N5. The Balaban J connectivity index is 1.32. The highest BCUT2D eigenvalue weighted by Crippen LogP contribution is 2.39. The number of benzene rings is 5. The predicted molar refractivity (Wildman–Crippen MR) is 194 cm³/mol. The Morgan fingerprint density at radius 2 is 1.21 bits per heavy atom. The first-order valence-corrected chi connectivity index (χ1v) is 16.1. The van der Waals surface area contributed by atoms with Crippen LogP contribution in [0.2, 0.25) is 0 Å². The smallest absolute Gasteiger partial charge is 0.238 e. The van der Waals surface area contributed by atoms with Crippen LogP contribution in [0.15, 0.2) is 158 Å². The second kappa shape index (κ2) is 11.1. The minimum atomic E-state index is 0.393. The first-order valence-electron chi connectivity index (χ1n) is 16.1. The topological polar surface area (TPSA) is 48.5 Å². The molecule has 5 nitrogen and oxygen atoms in total. The van der Waals surface area contributed by atoms with Gasteiger partial charge in [0.05, 0.1) is 16.6 Å². The SMILES string of the molecule is C=CC1=CCC(Cn2c3ccccc3c3cc4c5ccccc5n(-c5nc(-c6ccccc6)nc(-c6ccccc6)n5)c4cc32)C=C1. The summed E-state index contributed by atoms with van der Waals surface area (Å²) < 4.78 is 4.71. The highest BCUT2D eigenvalue weighted by molar-refractivity contribution is 6.18. The molecule has 3 heterocycles. The van der Waals surface area contributed by atoms with Crippen molar-refractivity contribution in [1.29, 1.82) is 0 Å². The second-order valence-electron chi connectivity index (χ2n) is 12.1. The molecule has 0 radical (unpaired) electrons. The summed E-state index contributed by atoms with van der Waals surface area (Å²) in [4.78, 5) is 15.2. The van der Waals surface area contributed by atoms with Crippen LogP contribution < -0.4 is 0 Å². The fourth-order valence-electron chi connectivity index (χ4n) is 7.02. The summed E-state index contributed by atoms with van der Waals surface area (Å²) in [6, 6.07) is 42.3. The summed E-state index contributed by atoms with van der Waals surface area (Å²) in [7, 11) is 0. The Kier molecular flexibility index (Phi) is 6.42. The first kappa shape index (κ1) is 27.3. The molecule has 1 aliphatic carbocycles. The van der Waals surface area contributed by atoms with Gasteiger partial charge in [0.1, 0.15) is 0 Å². The average Bonchev–Trinajstić information content (AvgIpc) is 3.63. The van der Waals surface area contributed by atoms with Gasteiger partial charge in [-0.1, -0.05) is 128 Å². The maximum absolute atomic E-state index is 5.14. The van der Waals surface area contributed by atoms with Gasteiger partial charge in [-0.05, 0) is 42.2 Å². The van der Waals surface area contributed by atoms with Crippen molar-refractivity contribution in [2.75, 3.05) is 0 Å². The van der Waals surface area contributed by atoms with Gasteiger partial charge in [0, 0.05) is 44.7 Å². The highest BCUT2D eigenvalue weighted by atomic mass is 15.2. The number of para-hydroxylation sites is 2. The molecule has 9 rings (SSSR count). The van der Waals surface area contributed by atoms with Crippen LogP contribution in [0, 0.1) is 5.92 Å². The number of hydrogen-bond acceptors (Lipinski definition) is 3. The van der Waals surface area contributed by atoms with Crippen LogP contribution in [0.4, 0.5) is 0 Å². The zero-order chi connectivity index (χ0) is 31.3. The highest BCUT2D eigenvalue weighted by Gasteiger charge is 2.21. The van der Waals surface area contributed by atoms with Crippen LogP contribution in [0.25, 0.3) is 72.3 Å². The Bertz CT molecular complexity index is 2480. The van der Waals surface area contributed by atoms with Crippen LogP contribution >= 0.6 is 0 Å². The van der Waals surface area contributed by atoms with Gasteiger partial charge in [-0.25, -0.2) is 4.98 Å². The lowest BCUT2D eigenvalue weighted by atomic mass is 9.96. The fraction of sp³-hybridized carbons (Fsp3) is 0.0714. The van der Waals surface area contributed by atoms with Crippen LogP contribution in [0.5, 0.6) is 0 Å². The molecule has 0 saturated heterocycles. The Labute approximate surface area is 272 Å². The first-order chi connectivity index (χ1) is 23.2. The molecule has 0 N–H and O–H groups in total. The van der Waals surface area contributed by atoms with Gasteiger partial charge in [0.15, 0.2) is 11.6 Å². The number of aromatic nitrogens is 5. The van der Waals surface area contributed by atoms with Crippen molar-refractivity contribution in [3.8, 4) is 28.7 Å². The number of allylic oxidation sites excluding steroid dienone is 5. The standard InChI is InChI=1S/C42H31N5/c1-2-28-21-23-29(24-22-28)27-46-36-19-11-9-17-32(36)34-25-35-33-18-10-12-20-37(33)47(39(35)26-38(34)46)42-44-40(30-13-5-3-6-14-30)43-41(45-42)31-15-7-4-8-16-31/h2-23,25-26,29H,1,24,27H2. The molecular weight excluding hydrogens is 574 g/mol. The largest absolute Gasteiger partial charge is 0.340 e.